The van der Waals surface area contributed by atoms with Crippen LogP contribution in [0.15, 0.2) is 24.5 Å². The molecule has 0 aromatic carbocycles. The molecule has 6 heteroatoms. The lowest BCUT2D eigenvalue weighted by Gasteiger charge is -2.52. The highest BCUT2D eigenvalue weighted by Gasteiger charge is 2.48. The van der Waals surface area contributed by atoms with Crippen molar-refractivity contribution in [1.29, 1.82) is 0 Å². The van der Waals surface area contributed by atoms with Crippen LogP contribution in [0.3, 0.4) is 0 Å². The number of sulfonamides is 1. The van der Waals surface area contributed by atoms with E-state index in [-0.39, 0.29) is 11.3 Å². The molecule has 0 bridgehead atoms. The molecule has 2 aliphatic carbocycles. The summed E-state index contributed by atoms with van der Waals surface area (Å²) in [5.41, 5.74) is 1.71. The first-order valence-corrected chi connectivity index (χ1v) is 10.2. The van der Waals surface area contributed by atoms with Gasteiger partial charge in [-0.05, 0) is 74.7 Å². The number of nitrogens with zero attached hydrogens (tertiary/aromatic N) is 2. The zero-order valence-electron chi connectivity index (χ0n) is 13.4. The van der Waals surface area contributed by atoms with E-state index in [0.717, 1.165) is 45.3 Å². The van der Waals surface area contributed by atoms with E-state index >= 15 is 0 Å². The molecule has 126 valence electrons. The molecule has 1 aromatic heterocycles. The van der Waals surface area contributed by atoms with E-state index in [0.29, 0.717) is 5.41 Å². The Hall–Kier alpha value is -0.980. The molecule has 2 saturated carbocycles. The van der Waals surface area contributed by atoms with Crippen LogP contribution in [0.5, 0.6) is 0 Å². The van der Waals surface area contributed by atoms with Gasteiger partial charge in [-0.15, -0.1) is 0 Å². The Kier molecular flexibility index (Phi) is 3.94. The topological polar surface area (TPSA) is 62.3 Å². The van der Waals surface area contributed by atoms with Crippen LogP contribution in [0, 0.1) is 5.41 Å². The van der Waals surface area contributed by atoms with Gasteiger partial charge < -0.3 is 0 Å². The molecule has 1 saturated heterocycles. The molecule has 1 aliphatic heterocycles. The number of piperidine rings is 1. The summed E-state index contributed by atoms with van der Waals surface area (Å²) in [6.45, 7) is 3.23. The maximum Gasteiger partial charge on any atom is 0.214 e. The summed E-state index contributed by atoms with van der Waals surface area (Å²) in [7, 11) is -3.02. The zero-order chi connectivity index (χ0) is 15.9. The van der Waals surface area contributed by atoms with Gasteiger partial charge in [-0.25, -0.2) is 13.1 Å². The largest absolute Gasteiger partial charge is 0.299 e. The van der Waals surface area contributed by atoms with Gasteiger partial charge in [0.2, 0.25) is 10.0 Å². The lowest BCUT2D eigenvalue weighted by Crippen LogP contribution is -2.55. The first-order chi connectivity index (χ1) is 11.0. The molecule has 0 radical (unpaired) electrons. The van der Waals surface area contributed by atoms with Crippen LogP contribution in [0.2, 0.25) is 0 Å². The van der Waals surface area contributed by atoms with Crippen LogP contribution in [0.25, 0.3) is 0 Å². The van der Waals surface area contributed by atoms with Gasteiger partial charge in [0.05, 0.1) is 5.25 Å². The molecule has 3 aliphatic rings. The van der Waals surface area contributed by atoms with Crippen molar-refractivity contribution in [3.05, 3.63) is 30.1 Å². The minimum atomic E-state index is -3.02. The highest BCUT2D eigenvalue weighted by molar-refractivity contribution is 7.90. The van der Waals surface area contributed by atoms with Crippen molar-refractivity contribution in [3.63, 3.8) is 0 Å². The Morgan fingerprint density at radius 1 is 1.17 bits per heavy atom. The number of rotatable bonds is 5. The molecular formula is C17H25N3O2S. The van der Waals surface area contributed by atoms with E-state index in [9.17, 15) is 8.42 Å². The maximum absolute atomic E-state index is 12.0. The van der Waals surface area contributed by atoms with Crippen LogP contribution >= 0.6 is 0 Å². The molecule has 3 fully saturated rings. The minimum Gasteiger partial charge on any atom is -0.299 e. The lowest BCUT2D eigenvalue weighted by molar-refractivity contribution is 0.0106. The van der Waals surface area contributed by atoms with Gasteiger partial charge in [-0.3, -0.25) is 9.88 Å². The Bertz CT molecular complexity index is 642. The van der Waals surface area contributed by atoms with Crippen molar-refractivity contribution < 1.29 is 8.42 Å². The molecule has 23 heavy (non-hydrogen) atoms. The summed E-state index contributed by atoms with van der Waals surface area (Å²) in [5.74, 6) is 0. The van der Waals surface area contributed by atoms with Crippen LogP contribution < -0.4 is 4.72 Å². The minimum absolute atomic E-state index is 0.0961. The Balaban J connectivity index is 1.25. The van der Waals surface area contributed by atoms with Gasteiger partial charge in [0, 0.05) is 25.0 Å². The van der Waals surface area contributed by atoms with E-state index in [4.69, 9.17) is 0 Å². The molecule has 5 nitrogen and oxygen atoms in total. The second-order valence-electron chi connectivity index (χ2n) is 7.60. The molecular weight excluding hydrogens is 310 g/mol. The van der Waals surface area contributed by atoms with Crippen molar-refractivity contribution in [1.82, 2.24) is 14.6 Å². The third-order valence-electron chi connectivity index (χ3n) is 5.73. The second-order valence-corrected chi connectivity index (χ2v) is 9.59. The van der Waals surface area contributed by atoms with Gasteiger partial charge in [0.1, 0.15) is 0 Å². The zero-order valence-corrected chi connectivity index (χ0v) is 14.3. The SMILES string of the molecule is O=S(=O)(NC1CC2(CCN(Cc3ccncc3)CC2)C1)C1CC1. The predicted molar refractivity (Wildman–Crippen MR) is 89.3 cm³/mol. The number of hydrogen-bond acceptors (Lipinski definition) is 4. The van der Waals surface area contributed by atoms with E-state index < -0.39 is 10.0 Å². The van der Waals surface area contributed by atoms with Gasteiger partial charge in [-0.2, -0.15) is 0 Å². The Labute approximate surface area is 138 Å². The molecule has 2 heterocycles. The quantitative estimate of drug-likeness (QED) is 0.893. The van der Waals surface area contributed by atoms with E-state index in [1.54, 1.807) is 0 Å². The molecule has 0 unspecified atom stereocenters. The molecule has 1 N–H and O–H groups in total. The summed E-state index contributed by atoms with van der Waals surface area (Å²) >= 11 is 0. The standard InChI is InChI=1S/C17H25N3O2S/c21-23(22,16-1-2-16)19-15-11-17(12-15)5-9-20(10-6-17)13-14-3-7-18-8-4-14/h3-4,7-8,15-16,19H,1-2,5-6,9-13H2. The van der Waals surface area contributed by atoms with Crippen molar-refractivity contribution in [2.45, 2.75) is 56.4 Å². The fourth-order valence-corrected chi connectivity index (χ4v) is 5.70. The normalized spacial score (nSPS) is 25.4. The highest BCUT2D eigenvalue weighted by Crippen LogP contribution is 2.49. The monoisotopic (exact) mass is 335 g/mol. The second kappa shape index (κ2) is 5.83. The summed E-state index contributed by atoms with van der Waals surface area (Å²) in [5, 5.41) is -0.0961. The van der Waals surface area contributed by atoms with Crippen LogP contribution in [-0.4, -0.2) is 42.7 Å². The average molecular weight is 335 g/mol. The third-order valence-corrected chi connectivity index (χ3v) is 7.74. The molecule has 1 aromatic rings. The fourth-order valence-electron chi connectivity index (χ4n) is 4.12. The van der Waals surface area contributed by atoms with Crippen LogP contribution in [0.4, 0.5) is 0 Å². The van der Waals surface area contributed by atoms with Gasteiger partial charge in [-0.1, -0.05) is 0 Å². The van der Waals surface area contributed by atoms with Crippen LogP contribution in [-0.2, 0) is 16.6 Å². The van der Waals surface area contributed by atoms with Gasteiger partial charge >= 0.3 is 0 Å². The van der Waals surface area contributed by atoms with Crippen molar-refractivity contribution in [2.75, 3.05) is 13.1 Å². The number of aromatic nitrogens is 1. The maximum atomic E-state index is 12.0. The van der Waals surface area contributed by atoms with E-state index in [2.05, 4.69) is 26.7 Å². The third kappa shape index (κ3) is 3.44. The summed E-state index contributed by atoms with van der Waals surface area (Å²) in [4.78, 5) is 6.57. The number of pyridine rings is 1. The number of likely N-dealkylation sites (tertiary alicyclic amines) is 1. The smallest absolute Gasteiger partial charge is 0.214 e. The van der Waals surface area contributed by atoms with Crippen molar-refractivity contribution in [2.24, 2.45) is 5.41 Å². The predicted octanol–water partition coefficient (Wildman–Crippen LogP) is 1.91. The van der Waals surface area contributed by atoms with E-state index in [1.807, 2.05) is 12.4 Å². The summed E-state index contributed by atoms with van der Waals surface area (Å²) in [6.07, 6.45) is 9.84. The fraction of sp³-hybridized carbons (Fsp3) is 0.706. The molecule has 0 atom stereocenters. The summed E-state index contributed by atoms with van der Waals surface area (Å²) < 4.78 is 26.9. The number of hydrogen-bond donors (Lipinski definition) is 1. The highest BCUT2D eigenvalue weighted by atomic mass is 32.2. The lowest BCUT2D eigenvalue weighted by atomic mass is 9.60. The summed E-state index contributed by atoms with van der Waals surface area (Å²) in [6, 6.07) is 4.35. The van der Waals surface area contributed by atoms with Crippen molar-refractivity contribution >= 4 is 10.0 Å². The first-order valence-electron chi connectivity index (χ1n) is 8.67. The molecule has 0 amide bonds. The average Bonchev–Trinajstić information content (AvgIpc) is 3.34. The van der Waals surface area contributed by atoms with Gasteiger partial charge in [0.25, 0.3) is 0 Å². The van der Waals surface area contributed by atoms with E-state index in [1.165, 1.54) is 18.4 Å². The Morgan fingerprint density at radius 2 is 1.83 bits per heavy atom. The number of nitrogens with one attached hydrogen (secondary N) is 1. The molecule has 4 rings (SSSR count). The van der Waals surface area contributed by atoms with Gasteiger partial charge in [0.15, 0.2) is 0 Å². The Morgan fingerprint density at radius 3 is 2.43 bits per heavy atom. The van der Waals surface area contributed by atoms with Crippen LogP contribution in [0.1, 0.15) is 44.1 Å². The first kappa shape index (κ1) is 15.5. The molecule has 1 spiro atoms. The van der Waals surface area contributed by atoms with Crippen molar-refractivity contribution in [3.8, 4) is 0 Å².